The van der Waals surface area contributed by atoms with Gasteiger partial charge in [0.2, 0.25) is 0 Å². The third kappa shape index (κ3) is 3.81. The van der Waals surface area contributed by atoms with Gasteiger partial charge in [-0.2, -0.15) is 0 Å². The molecule has 0 aliphatic carbocycles. The van der Waals surface area contributed by atoms with Crippen LogP contribution in [0.3, 0.4) is 0 Å². The molecule has 0 saturated carbocycles. The Labute approximate surface area is 144 Å². The van der Waals surface area contributed by atoms with E-state index in [1.54, 1.807) is 4.90 Å². The molecule has 130 valence electrons. The standard InChI is InChI=1S/C20H27NO3/c1-8-15-12-14-10-11-16(13-17(14)23-20(15,6)7)21(9-2)18(22)24-19(3,4)5/h8,10-13H,1,9H2,2-7H3. The number of carbonyl (C=O) groups is 1. The normalized spacial score (nSPS) is 15.7. The van der Waals surface area contributed by atoms with E-state index in [0.717, 1.165) is 22.6 Å². The Kier molecular flexibility index (Phi) is 4.79. The minimum atomic E-state index is -0.529. The summed E-state index contributed by atoms with van der Waals surface area (Å²) in [6.07, 6.45) is 3.53. The largest absolute Gasteiger partial charge is 0.482 e. The van der Waals surface area contributed by atoms with Crippen molar-refractivity contribution in [2.75, 3.05) is 11.4 Å². The van der Waals surface area contributed by atoms with E-state index in [4.69, 9.17) is 9.47 Å². The van der Waals surface area contributed by atoms with Crippen LogP contribution in [0.15, 0.2) is 36.4 Å². The van der Waals surface area contributed by atoms with E-state index in [1.165, 1.54) is 0 Å². The van der Waals surface area contributed by atoms with Crippen LogP contribution in [0.5, 0.6) is 5.75 Å². The van der Waals surface area contributed by atoms with E-state index in [9.17, 15) is 4.79 Å². The van der Waals surface area contributed by atoms with Crippen molar-refractivity contribution in [1.82, 2.24) is 0 Å². The average Bonchev–Trinajstić information content (AvgIpc) is 2.44. The summed E-state index contributed by atoms with van der Waals surface area (Å²) in [5, 5.41) is 0. The van der Waals surface area contributed by atoms with Crippen LogP contribution in [0, 0.1) is 0 Å². The molecule has 1 aromatic rings. The Balaban J connectivity index is 2.36. The van der Waals surface area contributed by atoms with Crippen molar-refractivity contribution in [3.05, 3.63) is 42.0 Å². The van der Waals surface area contributed by atoms with Crippen molar-refractivity contribution < 1.29 is 14.3 Å². The summed E-state index contributed by atoms with van der Waals surface area (Å²) in [5.74, 6) is 0.755. The monoisotopic (exact) mass is 329 g/mol. The molecule has 0 unspecified atom stereocenters. The molecule has 4 heteroatoms. The van der Waals surface area contributed by atoms with Crippen LogP contribution >= 0.6 is 0 Å². The fraction of sp³-hybridized carbons (Fsp3) is 0.450. The second-order valence-corrected chi connectivity index (χ2v) is 7.36. The highest BCUT2D eigenvalue weighted by molar-refractivity contribution is 5.88. The SMILES string of the molecule is C=CC1=Cc2ccc(N(CC)C(=O)OC(C)(C)C)cc2OC1(C)C. The van der Waals surface area contributed by atoms with Crippen LogP contribution in [0.25, 0.3) is 6.08 Å². The summed E-state index contributed by atoms with van der Waals surface area (Å²) in [5.41, 5.74) is 1.79. The molecule has 1 heterocycles. The zero-order valence-electron chi connectivity index (χ0n) is 15.5. The summed E-state index contributed by atoms with van der Waals surface area (Å²) in [4.78, 5) is 14.0. The highest BCUT2D eigenvalue weighted by Gasteiger charge is 2.29. The molecule has 0 atom stereocenters. The highest BCUT2D eigenvalue weighted by Crippen LogP contribution is 2.38. The lowest BCUT2D eigenvalue weighted by Gasteiger charge is -2.33. The Hall–Kier alpha value is -2.23. The molecule has 4 nitrogen and oxygen atoms in total. The second kappa shape index (κ2) is 6.34. The van der Waals surface area contributed by atoms with Gasteiger partial charge in [-0.3, -0.25) is 4.90 Å². The van der Waals surface area contributed by atoms with Gasteiger partial charge in [-0.05, 0) is 65.3 Å². The molecule has 0 aromatic heterocycles. The van der Waals surface area contributed by atoms with Gasteiger partial charge in [0.1, 0.15) is 17.0 Å². The molecular formula is C20H27NO3. The maximum absolute atomic E-state index is 12.4. The molecule has 0 radical (unpaired) electrons. The van der Waals surface area contributed by atoms with Crippen molar-refractivity contribution >= 4 is 17.9 Å². The summed E-state index contributed by atoms with van der Waals surface area (Å²) in [6, 6.07) is 5.75. The zero-order valence-corrected chi connectivity index (χ0v) is 15.5. The second-order valence-electron chi connectivity index (χ2n) is 7.36. The van der Waals surface area contributed by atoms with Crippen LogP contribution in [-0.2, 0) is 4.74 Å². The van der Waals surface area contributed by atoms with Crippen LogP contribution in [0.2, 0.25) is 0 Å². The van der Waals surface area contributed by atoms with E-state index >= 15 is 0 Å². The van der Waals surface area contributed by atoms with Gasteiger partial charge in [-0.1, -0.05) is 12.7 Å². The number of nitrogens with zero attached hydrogens (tertiary/aromatic N) is 1. The summed E-state index contributed by atoms with van der Waals surface area (Å²) < 4.78 is 11.6. The maximum atomic E-state index is 12.4. The third-order valence-corrected chi connectivity index (χ3v) is 3.83. The van der Waals surface area contributed by atoms with E-state index in [0.29, 0.717) is 6.54 Å². The summed E-state index contributed by atoms with van der Waals surface area (Å²) in [7, 11) is 0. The van der Waals surface area contributed by atoms with Gasteiger partial charge in [0.05, 0.1) is 5.69 Å². The molecule has 0 N–H and O–H groups in total. The molecule has 1 aliphatic heterocycles. The first kappa shape index (κ1) is 18.1. The number of hydrogen-bond acceptors (Lipinski definition) is 3. The van der Waals surface area contributed by atoms with Gasteiger partial charge in [0.25, 0.3) is 0 Å². The summed E-state index contributed by atoms with van der Waals surface area (Å²) in [6.45, 7) is 15.9. The lowest BCUT2D eigenvalue weighted by Crippen LogP contribution is -2.37. The minimum absolute atomic E-state index is 0.359. The fourth-order valence-corrected chi connectivity index (χ4v) is 2.61. The summed E-state index contributed by atoms with van der Waals surface area (Å²) >= 11 is 0. The van der Waals surface area contributed by atoms with Gasteiger partial charge >= 0.3 is 6.09 Å². The first-order chi connectivity index (χ1) is 11.1. The van der Waals surface area contributed by atoms with E-state index in [2.05, 4.69) is 12.7 Å². The van der Waals surface area contributed by atoms with E-state index < -0.39 is 11.2 Å². The number of hydrogen-bond donors (Lipinski definition) is 0. The number of amides is 1. The molecule has 0 saturated heterocycles. The number of ether oxygens (including phenoxy) is 2. The van der Waals surface area contributed by atoms with Gasteiger partial charge in [-0.25, -0.2) is 4.79 Å². The van der Waals surface area contributed by atoms with Crippen molar-refractivity contribution in [2.24, 2.45) is 0 Å². The minimum Gasteiger partial charge on any atom is -0.482 e. The molecule has 0 fully saturated rings. The molecule has 1 aromatic carbocycles. The van der Waals surface area contributed by atoms with Crippen LogP contribution in [0.4, 0.5) is 10.5 Å². The molecule has 1 amide bonds. The molecule has 1 aliphatic rings. The Morgan fingerprint density at radius 3 is 2.58 bits per heavy atom. The number of fused-ring (bicyclic) bond motifs is 1. The molecular weight excluding hydrogens is 302 g/mol. The zero-order chi connectivity index (χ0) is 18.1. The maximum Gasteiger partial charge on any atom is 0.414 e. The average molecular weight is 329 g/mol. The Morgan fingerprint density at radius 2 is 2.04 bits per heavy atom. The molecule has 2 rings (SSSR count). The van der Waals surface area contributed by atoms with Gasteiger partial charge in [0, 0.05) is 18.2 Å². The highest BCUT2D eigenvalue weighted by atomic mass is 16.6. The number of benzene rings is 1. The van der Waals surface area contributed by atoms with Gasteiger partial charge in [0.15, 0.2) is 0 Å². The predicted molar refractivity (Wildman–Crippen MR) is 98.6 cm³/mol. The third-order valence-electron chi connectivity index (χ3n) is 3.83. The van der Waals surface area contributed by atoms with E-state index in [-0.39, 0.29) is 6.09 Å². The molecule has 24 heavy (non-hydrogen) atoms. The van der Waals surface area contributed by atoms with Crippen LogP contribution in [0.1, 0.15) is 47.1 Å². The van der Waals surface area contributed by atoms with E-state index in [1.807, 2.05) is 65.8 Å². The first-order valence-electron chi connectivity index (χ1n) is 8.25. The molecule has 0 bridgehead atoms. The quantitative estimate of drug-likeness (QED) is 0.766. The number of rotatable bonds is 3. The lowest BCUT2D eigenvalue weighted by atomic mass is 9.92. The van der Waals surface area contributed by atoms with Crippen LogP contribution in [-0.4, -0.2) is 23.8 Å². The van der Waals surface area contributed by atoms with Crippen molar-refractivity contribution in [1.29, 1.82) is 0 Å². The van der Waals surface area contributed by atoms with Crippen molar-refractivity contribution in [2.45, 2.75) is 52.7 Å². The van der Waals surface area contributed by atoms with Gasteiger partial charge < -0.3 is 9.47 Å². The van der Waals surface area contributed by atoms with Crippen LogP contribution < -0.4 is 9.64 Å². The van der Waals surface area contributed by atoms with Crippen molar-refractivity contribution in [3.8, 4) is 5.75 Å². The Bertz CT molecular complexity index is 681. The van der Waals surface area contributed by atoms with Gasteiger partial charge in [-0.15, -0.1) is 0 Å². The van der Waals surface area contributed by atoms with Crippen molar-refractivity contribution in [3.63, 3.8) is 0 Å². The molecule has 0 spiro atoms. The predicted octanol–water partition coefficient (Wildman–Crippen LogP) is 5.19. The lowest BCUT2D eigenvalue weighted by molar-refractivity contribution is 0.0582. The number of carbonyl (C=O) groups excluding carboxylic acids is 1. The Morgan fingerprint density at radius 1 is 1.38 bits per heavy atom. The topological polar surface area (TPSA) is 38.8 Å². The smallest absolute Gasteiger partial charge is 0.414 e. The fourth-order valence-electron chi connectivity index (χ4n) is 2.61. The number of anilines is 1. The first-order valence-corrected chi connectivity index (χ1v) is 8.25.